The molecule has 0 atom stereocenters. The molecule has 0 spiro atoms. The number of carbonyl (C=O) groups is 2. The van der Waals surface area contributed by atoms with Crippen LogP contribution >= 0.6 is 0 Å². The molecular formula is C9H8O4. The number of furan rings is 1. The van der Waals surface area contributed by atoms with E-state index in [-0.39, 0.29) is 11.3 Å². The van der Waals surface area contributed by atoms with E-state index in [0.29, 0.717) is 12.0 Å². The average Bonchev–Trinajstić information content (AvgIpc) is 2.52. The summed E-state index contributed by atoms with van der Waals surface area (Å²) in [6.45, 7) is 1.45. The Bertz CT molecular complexity index is 359. The van der Waals surface area contributed by atoms with Crippen molar-refractivity contribution < 1.29 is 19.1 Å². The Kier molecular flexibility index (Phi) is 2.64. The minimum atomic E-state index is -1.01. The van der Waals surface area contributed by atoms with E-state index < -0.39 is 5.97 Å². The minimum absolute atomic E-state index is 0.159. The van der Waals surface area contributed by atoms with Crippen molar-refractivity contribution in [3.05, 3.63) is 29.2 Å². The van der Waals surface area contributed by atoms with Crippen molar-refractivity contribution >= 4 is 18.3 Å². The first-order valence-electron chi connectivity index (χ1n) is 3.60. The number of hydrogen-bond donors (Lipinski definition) is 1. The molecule has 1 aromatic heterocycles. The van der Waals surface area contributed by atoms with Crippen molar-refractivity contribution in [2.45, 2.75) is 6.92 Å². The van der Waals surface area contributed by atoms with Crippen molar-refractivity contribution in [1.82, 2.24) is 0 Å². The van der Waals surface area contributed by atoms with Gasteiger partial charge in [0, 0.05) is 5.57 Å². The second-order valence-corrected chi connectivity index (χ2v) is 2.49. The quantitative estimate of drug-likeness (QED) is 0.566. The summed E-state index contributed by atoms with van der Waals surface area (Å²) >= 11 is 0. The van der Waals surface area contributed by atoms with Gasteiger partial charge in [0.25, 0.3) is 0 Å². The van der Waals surface area contributed by atoms with Crippen LogP contribution in [0.25, 0.3) is 6.08 Å². The summed E-state index contributed by atoms with van der Waals surface area (Å²) in [5.74, 6) is -0.463. The zero-order chi connectivity index (χ0) is 9.84. The lowest BCUT2D eigenvalue weighted by atomic mass is 10.2. The number of carboxylic acid groups (broad SMARTS) is 1. The van der Waals surface area contributed by atoms with Gasteiger partial charge in [-0.2, -0.15) is 0 Å². The molecule has 0 saturated carbocycles. The van der Waals surface area contributed by atoms with Crippen molar-refractivity contribution in [2.24, 2.45) is 0 Å². The highest BCUT2D eigenvalue weighted by Gasteiger charge is 2.02. The highest BCUT2D eigenvalue weighted by Crippen LogP contribution is 2.10. The number of carboxylic acids is 1. The van der Waals surface area contributed by atoms with Crippen LogP contribution < -0.4 is 0 Å². The van der Waals surface area contributed by atoms with Crippen molar-refractivity contribution in [2.75, 3.05) is 0 Å². The van der Waals surface area contributed by atoms with Crippen LogP contribution in [0, 0.1) is 0 Å². The predicted molar refractivity (Wildman–Crippen MR) is 45.4 cm³/mol. The fourth-order valence-electron chi connectivity index (χ4n) is 0.784. The molecule has 0 unspecified atom stereocenters. The Labute approximate surface area is 74.5 Å². The molecule has 0 aromatic carbocycles. The summed E-state index contributed by atoms with van der Waals surface area (Å²) in [6, 6.07) is 3.02. The summed E-state index contributed by atoms with van der Waals surface area (Å²) < 4.78 is 4.95. The maximum absolute atomic E-state index is 10.4. The highest BCUT2D eigenvalue weighted by atomic mass is 16.4. The van der Waals surface area contributed by atoms with Gasteiger partial charge >= 0.3 is 5.97 Å². The third-order valence-electron chi connectivity index (χ3n) is 1.46. The van der Waals surface area contributed by atoms with E-state index in [2.05, 4.69) is 0 Å². The molecule has 4 heteroatoms. The lowest BCUT2D eigenvalue weighted by molar-refractivity contribution is -0.132. The van der Waals surface area contributed by atoms with Crippen molar-refractivity contribution in [3.8, 4) is 0 Å². The average molecular weight is 180 g/mol. The van der Waals surface area contributed by atoms with Crippen LogP contribution in [0.1, 0.15) is 23.2 Å². The molecule has 0 fully saturated rings. The lowest BCUT2D eigenvalue weighted by Crippen LogP contribution is -1.94. The number of rotatable bonds is 3. The molecule has 1 rings (SSSR count). The monoisotopic (exact) mass is 180 g/mol. The topological polar surface area (TPSA) is 67.5 Å². The predicted octanol–water partition coefficient (Wildman–Crippen LogP) is 1.58. The molecule has 0 bridgehead atoms. The van der Waals surface area contributed by atoms with Gasteiger partial charge in [-0.15, -0.1) is 0 Å². The highest BCUT2D eigenvalue weighted by molar-refractivity contribution is 5.91. The molecule has 68 valence electrons. The molecule has 0 aliphatic carbocycles. The zero-order valence-electron chi connectivity index (χ0n) is 6.98. The van der Waals surface area contributed by atoms with Gasteiger partial charge in [-0.05, 0) is 25.1 Å². The van der Waals surface area contributed by atoms with Gasteiger partial charge in [0.05, 0.1) is 0 Å². The SMILES string of the molecule is CC(=Cc1ccc(C=O)o1)C(=O)O. The van der Waals surface area contributed by atoms with Crippen molar-refractivity contribution in [1.29, 1.82) is 0 Å². The first-order valence-corrected chi connectivity index (χ1v) is 3.60. The van der Waals surface area contributed by atoms with Crippen LogP contribution in [0.3, 0.4) is 0 Å². The van der Waals surface area contributed by atoms with Crippen LogP contribution in [0.4, 0.5) is 0 Å². The molecule has 1 aromatic rings. The summed E-state index contributed by atoms with van der Waals surface area (Å²) in [4.78, 5) is 20.6. The van der Waals surface area contributed by atoms with Gasteiger partial charge in [-0.25, -0.2) is 4.79 Å². The zero-order valence-corrected chi connectivity index (χ0v) is 6.98. The molecule has 4 nitrogen and oxygen atoms in total. The second-order valence-electron chi connectivity index (χ2n) is 2.49. The van der Waals surface area contributed by atoms with Gasteiger partial charge in [-0.1, -0.05) is 0 Å². The molecule has 0 amide bonds. The molecule has 13 heavy (non-hydrogen) atoms. The van der Waals surface area contributed by atoms with Crippen LogP contribution in [-0.2, 0) is 4.79 Å². The summed E-state index contributed by atoms with van der Waals surface area (Å²) in [5, 5.41) is 8.53. The van der Waals surface area contributed by atoms with Crippen LogP contribution in [-0.4, -0.2) is 17.4 Å². The third-order valence-corrected chi connectivity index (χ3v) is 1.46. The first-order chi connectivity index (χ1) is 6.13. The van der Waals surface area contributed by atoms with Crippen LogP contribution in [0.15, 0.2) is 22.1 Å². The van der Waals surface area contributed by atoms with E-state index in [1.54, 1.807) is 0 Å². The smallest absolute Gasteiger partial charge is 0.331 e. The number of aliphatic carboxylic acids is 1. The Morgan fingerprint density at radius 2 is 2.08 bits per heavy atom. The fourth-order valence-corrected chi connectivity index (χ4v) is 0.784. The van der Waals surface area contributed by atoms with E-state index in [1.165, 1.54) is 25.1 Å². The van der Waals surface area contributed by atoms with Gasteiger partial charge in [0.1, 0.15) is 5.76 Å². The largest absolute Gasteiger partial charge is 0.478 e. The van der Waals surface area contributed by atoms with Gasteiger partial charge in [-0.3, -0.25) is 4.79 Å². The second kappa shape index (κ2) is 3.71. The normalized spacial score (nSPS) is 11.3. The fraction of sp³-hybridized carbons (Fsp3) is 0.111. The number of carbonyl (C=O) groups excluding carboxylic acids is 1. The van der Waals surface area contributed by atoms with Gasteiger partial charge < -0.3 is 9.52 Å². The molecule has 1 N–H and O–H groups in total. The standard InChI is InChI=1S/C9H8O4/c1-6(9(11)12)4-7-2-3-8(5-10)13-7/h2-5H,1H3,(H,11,12). The van der Waals surface area contributed by atoms with Crippen LogP contribution in [0.5, 0.6) is 0 Å². The minimum Gasteiger partial charge on any atom is -0.478 e. The molecule has 0 radical (unpaired) electrons. The lowest BCUT2D eigenvalue weighted by Gasteiger charge is -1.89. The van der Waals surface area contributed by atoms with E-state index >= 15 is 0 Å². The molecular weight excluding hydrogens is 172 g/mol. The number of hydrogen-bond acceptors (Lipinski definition) is 3. The molecule has 1 heterocycles. The maximum atomic E-state index is 10.4. The van der Waals surface area contributed by atoms with E-state index in [9.17, 15) is 9.59 Å². The summed E-state index contributed by atoms with van der Waals surface area (Å²) in [5.41, 5.74) is 0.159. The molecule has 0 saturated heterocycles. The summed E-state index contributed by atoms with van der Waals surface area (Å²) in [7, 11) is 0. The maximum Gasteiger partial charge on any atom is 0.331 e. The van der Waals surface area contributed by atoms with E-state index in [4.69, 9.17) is 9.52 Å². The first kappa shape index (κ1) is 9.25. The van der Waals surface area contributed by atoms with Crippen LogP contribution in [0.2, 0.25) is 0 Å². The Balaban J connectivity index is 2.90. The van der Waals surface area contributed by atoms with Gasteiger partial charge in [0.15, 0.2) is 12.0 Å². The van der Waals surface area contributed by atoms with E-state index in [1.807, 2.05) is 0 Å². The van der Waals surface area contributed by atoms with Crippen molar-refractivity contribution in [3.63, 3.8) is 0 Å². The molecule has 0 aliphatic rings. The Morgan fingerprint density at radius 3 is 2.54 bits per heavy atom. The Hall–Kier alpha value is -1.84. The van der Waals surface area contributed by atoms with E-state index in [0.717, 1.165) is 0 Å². The van der Waals surface area contributed by atoms with Gasteiger partial charge in [0.2, 0.25) is 0 Å². The number of aldehydes is 1. The third kappa shape index (κ3) is 2.30. The molecule has 0 aliphatic heterocycles. The summed E-state index contributed by atoms with van der Waals surface area (Å²) in [6.07, 6.45) is 1.92. The Morgan fingerprint density at radius 1 is 1.46 bits per heavy atom.